The zero-order valence-corrected chi connectivity index (χ0v) is 10.6. The molecule has 2 rings (SSSR count). The van der Waals surface area contributed by atoms with Gasteiger partial charge in [-0.2, -0.15) is 0 Å². The van der Waals surface area contributed by atoms with Crippen LogP contribution in [-0.2, 0) is 4.79 Å². The summed E-state index contributed by atoms with van der Waals surface area (Å²) in [6, 6.07) is 5.47. The maximum Gasteiger partial charge on any atom is 0.270 e. The molecule has 0 radical (unpaired) electrons. The first-order valence-corrected chi connectivity index (χ1v) is 6.39. The number of amides is 1. The number of aromatic nitrogens is 1. The van der Waals surface area contributed by atoms with Crippen LogP contribution in [0.15, 0.2) is 24.4 Å². The molecular weight excluding hydrogens is 228 g/mol. The summed E-state index contributed by atoms with van der Waals surface area (Å²) in [4.78, 5) is 27.2. The first-order chi connectivity index (χ1) is 8.66. The molecule has 18 heavy (non-hydrogen) atoms. The second-order valence-electron chi connectivity index (χ2n) is 4.85. The maximum atomic E-state index is 11.9. The van der Waals surface area contributed by atoms with Gasteiger partial charge in [0.05, 0.1) is 0 Å². The topological polar surface area (TPSA) is 59.1 Å². The lowest BCUT2D eigenvalue weighted by molar-refractivity contribution is -0.121. The molecule has 4 nitrogen and oxygen atoms in total. The van der Waals surface area contributed by atoms with Gasteiger partial charge in [-0.3, -0.25) is 14.6 Å². The Bertz CT molecular complexity index is 423. The van der Waals surface area contributed by atoms with Crippen LogP contribution >= 0.6 is 0 Å². The van der Waals surface area contributed by atoms with Crippen LogP contribution in [0.4, 0.5) is 0 Å². The minimum atomic E-state index is -0.123. The van der Waals surface area contributed by atoms with Gasteiger partial charge in [0, 0.05) is 18.2 Å². The lowest BCUT2D eigenvalue weighted by atomic mass is 9.84. The zero-order valence-electron chi connectivity index (χ0n) is 10.6. The van der Waals surface area contributed by atoms with Gasteiger partial charge in [-0.25, -0.2) is 0 Å². The number of Topliss-reactive ketones (excluding diaryl/α,β-unsaturated/α-hetero) is 1. The fraction of sp³-hybridized carbons (Fsp3) is 0.500. The molecule has 0 saturated heterocycles. The molecule has 1 aliphatic rings. The molecule has 1 aromatic rings. The van der Waals surface area contributed by atoms with E-state index in [-0.39, 0.29) is 23.7 Å². The summed E-state index contributed by atoms with van der Waals surface area (Å²) in [5.41, 5.74) is 0.450. The minimum Gasteiger partial charge on any atom is -0.348 e. The molecule has 0 bridgehead atoms. The van der Waals surface area contributed by atoms with E-state index < -0.39 is 0 Å². The number of rotatable bonds is 3. The summed E-state index contributed by atoms with van der Waals surface area (Å²) in [6.07, 6.45) is 5.12. The number of nitrogens with one attached hydrogen (secondary N) is 1. The van der Waals surface area contributed by atoms with Gasteiger partial charge in [-0.05, 0) is 44.7 Å². The highest BCUT2D eigenvalue weighted by molar-refractivity contribution is 5.92. The van der Waals surface area contributed by atoms with Crippen LogP contribution in [0.2, 0.25) is 0 Å². The van der Waals surface area contributed by atoms with Crippen LogP contribution in [0.3, 0.4) is 0 Å². The lowest BCUT2D eigenvalue weighted by Gasteiger charge is -2.27. The predicted octanol–water partition coefficient (Wildman–Crippen LogP) is 1.96. The van der Waals surface area contributed by atoms with Crippen molar-refractivity contribution in [2.75, 3.05) is 0 Å². The predicted molar refractivity (Wildman–Crippen MR) is 68.1 cm³/mol. The average Bonchev–Trinajstić information content (AvgIpc) is 2.40. The third-order valence-electron chi connectivity index (χ3n) is 3.53. The summed E-state index contributed by atoms with van der Waals surface area (Å²) in [5.74, 6) is 0.333. The Balaban J connectivity index is 1.85. The molecule has 1 aliphatic carbocycles. The number of carbonyl (C=O) groups is 2. The number of hydrogen-bond donors (Lipinski definition) is 1. The number of pyridine rings is 1. The van der Waals surface area contributed by atoms with Crippen LogP contribution in [0.25, 0.3) is 0 Å². The van der Waals surface area contributed by atoms with Gasteiger partial charge in [0.1, 0.15) is 11.5 Å². The molecule has 1 amide bonds. The number of carbonyl (C=O) groups excluding carboxylic acids is 2. The molecule has 0 atom stereocenters. The van der Waals surface area contributed by atoms with Crippen molar-refractivity contribution in [1.29, 1.82) is 0 Å². The fourth-order valence-electron chi connectivity index (χ4n) is 2.40. The summed E-state index contributed by atoms with van der Waals surface area (Å²) in [7, 11) is 0. The van der Waals surface area contributed by atoms with Gasteiger partial charge in [0.2, 0.25) is 0 Å². The summed E-state index contributed by atoms with van der Waals surface area (Å²) in [6.45, 7) is 1.65. The van der Waals surface area contributed by atoms with E-state index in [0.717, 1.165) is 25.7 Å². The molecule has 1 heterocycles. The second kappa shape index (κ2) is 5.76. The third-order valence-corrected chi connectivity index (χ3v) is 3.53. The first-order valence-electron chi connectivity index (χ1n) is 6.39. The Labute approximate surface area is 107 Å². The van der Waals surface area contributed by atoms with Crippen molar-refractivity contribution in [3.8, 4) is 0 Å². The van der Waals surface area contributed by atoms with Crippen LogP contribution < -0.4 is 5.32 Å². The highest BCUT2D eigenvalue weighted by Gasteiger charge is 2.25. The molecule has 96 valence electrons. The van der Waals surface area contributed by atoms with Crippen molar-refractivity contribution in [2.45, 2.75) is 38.6 Å². The van der Waals surface area contributed by atoms with Crippen molar-refractivity contribution in [3.05, 3.63) is 30.1 Å². The normalized spacial score (nSPS) is 23.4. The maximum absolute atomic E-state index is 11.9. The molecule has 1 aromatic heterocycles. The van der Waals surface area contributed by atoms with Gasteiger partial charge >= 0.3 is 0 Å². The van der Waals surface area contributed by atoms with Gasteiger partial charge < -0.3 is 5.32 Å². The Morgan fingerprint density at radius 2 is 1.94 bits per heavy atom. The van der Waals surface area contributed by atoms with E-state index in [1.807, 2.05) is 0 Å². The van der Waals surface area contributed by atoms with Gasteiger partial charge in [-0.1, -0.05) is 6.07 Å². The summed E-state index contributed by atoms with van der Waals surface area (Å²) >= 11 is 0. The molecule has 1 saturated carbocycles. The molecule has 0 unspecified atom stereocenters. The van der Waals surface area contributed by atoms with Crippen molar-refractivity contribution >= 4 is 11.7 Å². The Hall–Kier alpha value is -1.71. The van der Waals surface area contributed by atoms with Crippen molar-refractivity contribution in [3.63, 3.8) is 0 Å². The first kappa shape index (κ1) is 12.7. The van der Waals surface area contributed by atoms with Crippen LogP contribution in [0.5, 0.6) is 0 Å². The van der Waals surface area contributed by atoms with Crippen molar-refractivity contribution in [1.82, 2.24) is 10.3 Å². The largest absolute Gasteiger partial charge is 0.348 e. The van der Waals surface area contributed by atoms with E-state index in [1.165, 1.54) is 0 Å². The molecule has 0 aliphatic heterocycles. The summed E-state index contributed by atoms with van der Waals surface area (Å²) in [5, 5.41) is 2.98. The summed E-state index contributed by atoms with van der Waals surface area (Å²) < 4.78 is 0. The van der Waals surface area contributed by atoms with Crippen LogP contribution in [0, 0.1) is 5.92 Å². The van der Waals surface area contributed by atoms with E-state index in [9.17, 15) is 9.59 Å². The smallest absolute Gasteiger partial charge is 0.270 e. The molecule has 0 spiro atoms. The molecular formula is C14H18N2O2. The SMILES string of the molecule is CC(=O)C1CCC(NC(=O)c2ccccn2)CC1. The van der Waals surface area contributed by atoms with Crippen LogP contribution in [-0.4, -0.2) is 22.7 Å². The van der Waals surface area contributed by atoms with Crippen LogP contribution in [0.1, 0.15) is 43.1 Å². The molecule has 0 aromatic carbocycles. The average molecular weight is 246 g/mol. The quantitative estimate of drug-likeness (QED) is 0.887. The zero-order chi connectivity index (χ0) is 13.0. The monoisotopic (exact) mass is 246 g/mol. The number of hydrogen-bond acceptors (Lipinski definition) is 3. The Morgan fingerprint density at radius 3 is 2.50 bits per heavy atom. The van der Waals surface area contributed by atoms with E-state index in [2.05, 4.69) is 10.3 Å². The van der Waals surface area contributed by atoms with E-state index in [4.69, 9.17) is 0 Å². The van der Waals surface area contributed by atoms with E-state index in [0.29, 0.717) is 5.69 Å². The van der Waals surface area contributed by atoms with Gasteiger partial charge in [0.25, 0.3) is 5.91 Å². The van der Waals surface area contributed by atoms with Gasteiger partial charge in [0.15, 0.2) is 0 Å². The van der Waals surface area contributed by atoms with Crippen molar-refractivity contribution in [2.24, 2.45) is 5.92 Å². The highest BCUT2D eigenvalue weighted by Crippen LogP contribution is 2.24. The molecule has 1 fully saturated rings. The lowest BCUT2D eigenvalue weighted by Crippen LogP contribution is -2.38. The molecule has 4 heteroatoms. The van der Waals surface area contributed by atoms with Crippen molar-refractivity contribution < 1.29 is 9.59 Å². The van der Waals surface area contributed by atoms with E-state index >= 15 is 0 Å². The number of nitrogens with zero attached hydrogens (tertiary/aromatic N) is 1. The minimum absolute atomic E-state index is 0.123. The highest BCUT2D eigenvalue weighted by atomic mass is 16.2. The fourth-order valence-corrected chi connectivity index (χ4v) is 2.40. The Morgan fingerprint density at radius 1 is 1.22 bits per heavy atom. The second-order valence-corrected chi connectivity index (χ2v) is 4.85. The standard InChI is InChI=1S/C14H18N2O2/c1-10(17)11-5-7-12(8-6-11)16-14(18)13-4-2-3-9-15-13/h2-4,9,11-12H,5-8H2,1H3,(H,16,18). The van der Waals surface area contributed by atoms with E-state index in [1.54, 1.807) is 31.3 Å². The Kier molecular flexibility index (Phi) is 4.07. The van der Waals surface area contributed by atoms with Gasteiger partial charge in [-0.15, -0.1) is 0 Å². The third kappa shape index (κ3) is 3.15. The number of ketones is 1. The molecule has 1 N–H and O–H groups in total.